The highest BCUT2D eigenvalue weighted by Crippen LogP contribution is 2.43. The van der Waals surface area contributed by atoms with Crippen LogP contribution in [0.1, 0.15) is 117 Å². The summed E-state index contributed by atoms with van der Waals surface area (Å²) in [6, 6.07) is 0. The summed E-state index contributed by atoms with van der Waals surface area (Å²) < 4.78 is 32.6. The molecule has 1 rings (SSSR count). The largest absolute Gasteiger partial charge is 0.472 e. The minimum Gasteiger partial charge on any atom is -0.462 e. The molecule has 4 N–H and O–H groups in total. The number of hydrogen-bond acceptors (Lipinski definition) is 10. The summed E-state index contributed by atoms with van der Waals surface area (Å²) in [6.45, 7) is 3.17. The third kappa shape index (κ3) is 30.9. The predicted octanol–water partition coefficient (Wildman–Crippen LogP) is 10.00. The van der Waals surface area contributed by atoms with Crippen LogP contribution in [0.25, 0.3) is 0 Å². The third-order valence-corrected chi connectivity index (χ3v) is 9.89. The quantitative estimate of drug-likeness (QED) is 0.0240. The molecule has 0 saturated heterocycles. The lowest BCUT2D eigenvalue weighted by atomic mass is 9.90. The van der Waals surface area contributed by atoms with Crippen LogP contribution in [0.15, 0.2) is 109 Å². The summed E-state index contributed by atoms with van der Waals surface area (Å²) in [5.74, 6) is -1.33. The molecule has 0 amide bonds. The van der Waals surface area contributed by atoms with E-state index in [0.717, 1.165) is 57.8 Å². The molecule has 1 aliphatic carbocycles. The predicted molar refractivity (Wildman–Crippen MR) is 237 cm³/mol. The smallest absolute Gasteiger partial charge is 0.462 e. The molecule has 0 aromatic rings. The summed E-state index contributed by atoms with van der Waals surface area (Å²) >= 11 is 0. The van der Waals surface area contributed by atoms with E-state index in [-0.39, 0.29) is 50.2 Å². The van der Waals surface area contributed by atoms with Gasteiger partial charge in [0, 0.05) is 25.3 Å². The van der Waals surface area contributed by atoms with Gasteiger partial charge in [0.2, 0.25) is 0 Å². The fraction of sp³-hybridized carbons (Fsp3) is 0.553. The average Bonchev–Trinajstić information content (AvgIpc) is 3.57. The molecule has 1 unspecified atom stereocenters. The van der Waals surface area contributed by atoms with Crippen LogP contribution in [0.4, 0.5) is 0 Å². The first-order valence-corrected chi connectivity index (χ1v) is 22.9. The van der Waals surface area contributed by atoms with Gasteiger partial charge >= 0.3 is 19.8 Å². The van der Waals surface area contributed by atoms with E-state index in [1.807, 2.05) is 36.5 Å². The van der Waals surface area contributed by atoms with Crippen molar-refractivity contribution in [2.24, 2.45) is 17.6 Å². The van der Waals surface area contributed by atoms with Crippen molar-refractivity contribution in [3.05, 3.63) is 109 Å². The highest BCUT2D eigenvalue weighted by Gasteiger charge is 2.27. The van der Waals surface area contributed by atoms with Crippen LogP contribution >= 0.6 is 7.82 Å². The molecule has 0 heterocycles. The third-order valence-electron chi connectivity index (χ3n) is 8.90. The van der Waals surface area contributed by atoms with Crippen molar-refractivity contribution in [1.82, 2.24) is 0 Å². The van der Waals surface area contributed by atoms with Crippen LogP contribution in [-0.2, 0) is 37.5 Å². The summed E-state index contributed by atoms with van der Waals surface area (Å²) in [4.78, 5) is 47.3. The molecule has 0 bridgehead atoms. The molecule has 0 radical (unpaired) electrons. The molecule has 0 saturated carbocycles. The topological polar surface area (TPSA) is 172 Å². The lowest BCUT2D eigenvalue weighted by molar-refractivity contribution is -0.161. The molecule has 59 heavy (non-hydrogen) atoms. The summed E-state index contributed by atoms with van der Waals surface area (Å²) in [5.41, 5.74) is 5.34. The van der Waals surface area contributed by atoms with Crippen molar-refractivity contribution >= 4 is 25.5 Å². The number of carbonyl (C=O) groups excluding carboxylic acids is 3. The van der Waals surface area contributed by atoms with Gasteiger partial charge in [-0.2, -0.15) is 0 Å². The number of allylic oxidation sites excluding steroid dienone is 17. The first-order valence-electron chi connectivity index (χ1n) is 21.4. The second-order valence-corrected chi connectivity index (χ2v) is 15.6. The Labute approximate surface area is 354 Å². The molecule has 330 valence electrons. The standard InChI is InChI=1S/C47H72NO10P/c1-3-5-7-8-9-10-11-12-13-14-15-16-17-18-19-20-21-22-28-32-47(52)58-43(40-57-59(53,54)56-38-37-48)39-55-46(51)31-27-24-23-26-29-41-33-36-45(50)44(41)35-34-42(49)30-25-6-4-2/h5,7,9-10,12-13,15-16,18-19,21-23,26,33-36,41-44,49H,3-4,6,8,11,14,17,20,24-25,27-32,37-40,48H2,1-2H3,(H,53,54)/b7-5-,10-9-,13-12-,16-15-,19-18-,22-21-,26-23-,35-34+/t41-,42-,43+,44+/m0/s1. The fourth-order valence-electron chi connectivity index (χ4n) is 5.65. The minimum atomic E-state index is -4.46. The van der Waals surface area contributed by atoms with E-state index >= 15 is 0 Å². The number of rotatable bonds is 35. The Bertz CT molecular complexity index is 1470. The van der Waals surface area contributed by atoms with Gasteiger partial charge in [-0.15, -0.1) is 0 Å². The fourth-order valence-corrected chi connectivity index (χ4v) is 6.41. The number of esters is 2. The monoisotopic (exact) mass is 841 g/mol. The normalized spacial score (nSPS) is 18.4. The van der Waals surface area contributed by atoms with Crippen molar-refractivity contribution in [3.8, 4) is 0 Å². The maximum Gasteiger partial charge on any atom is 0.472 e. The van der Waals surface area contributed by atoms with Gasteiger partial charge in [-0.1, -0.05) is 136 Å². The van der Waals surface area contributed by atoms with Gasteiger partial charge in [-0.05, 0) is 82.6 Å². The number of carbonyl (C=O) groups is 3. The lowest BCUT2D eigenvalue weighted by Crippen LogP contribution is -2.29. The number of phosphoric ester groups is 1. The maximum atomic E-state index is 12.6. The van der Waals surface area contributed by atoms with Gasteiger partial charge < -0.3 is 25.2 Å². The Morgan fingerprint density at radius 3 is 2.00 bits per heavy atom. The van der Waals surface area contributed by atoms with Gasteiger partial charge in [0.05, 0.1) is 19.3 Å². The maximum absolute atomic E-state index is 12.6. The van der Waals surface area contributed by atoms with Crippen LogP contribution in [0.5, 0.6) is 0 Å². The molecule has 0 fully saturated rings. The van der Waals surface area contributed by atoms with Crippen LogP contribution in [0.2, 0.25) is 0 Å². The van der Waals surface area contributed by atoms with E-state index in [4.69, 9.17) is 24.3 Å². The van der Waals surface area contributed by atoms with Crippen molar-refractivity contribution in [3.63, 3.8) is 0 Å². The van der Waals surface area contributed by atoms with Gasteiger partial charge in [0.25, 0.3) is 0 Å². The Hall–Kier alpha value is -3.70. The Morgan fingerprint density at radius 1 is 0.780 bits per heavy atom. The molecule has 1 aliphatic rings. The SMILES string of the molecule is CC/C=C\C/C=C\C/C=C\C/C=C\C/C=C\C/C=C\CCC(=O)O[C@H](COC(=O)CCC/C=C\C[C@H]1C=CC(=O)[C@@H]1/C=C/[C@@H](O)CCCCC)COP(=O)(O)OCCN. The summed E-state index contributed by atoms with van der Waals surface area (Å²) in [6.07, 6.45) is 46.2. The number of nitrogens with two attached hydrogens (primary N) is 1. The molecule has 12 heteroatoms. The minimum absolute atomic E-state index is 0.00710. The average molecular weight is 842 g/mol. The van der Waals surface area contributed by atoms with E-state index < -0.39 is 38.6 Å². The van der Waals surface area contributed by atoms with Crippen LogP contribution in [-0.4, -0.2) is 66.3 Å². The van der Waals surface area contributed by atoms with E-state index in [9.17, 15) is 28.9 Å². The van der Waals surface area contributed by atoms with Crippen molar-refractivity contribution < 1.29 is 47.5 Å². The highest BCUT2D eigenvalue weighted by molar-refractivity contribution is 7.47. The van der Waals surface area contributed by atoms with Crippen LogP contribution in [0, 0.1) is 11.8 Å². The number of hydrogen-bond donors (Lipinski definition) is 3. The zero-order chi connectivity index (χ0) is 43.2. The lowest BCUT2D eigenvalue weighted by Gasteiger charge is -2.19. The van der Waals surface area contributed by atoms with Crippen LogP contribution < -0.4 is 5.73 Å². The van der Waals surface area contributed by atoms with Gasteiger partial charge in [-0.3, -0.25) is 23.4 Å². The number of aliphatic hydroxyl groups is 1. The van der Waals surface area contributed by atoms with Gasteiger partial charge in [0.15, 0.2) is 11.9 Å². The number of aliphatic hydroxyl groups excluding tert-OH is 1. The summed E-state index contributed by atoms with van der Waals surface area (Å²) in [7, 11) is -4.46. The molecular weight excluding hydrogens is 769 g/mol. The Kier molecular flexibility index (Phi) is 32.7. The van der Waals surface area contributed by atoms with Crippen molar-refractivity contribution in [1.29, 1.82) is 0 Å². The zero-order valence-corrected chi connectivity index (χ0v) is 36.4. The number of unbranched alkanes of at least 4 members (excludes halogenated alkanes) is 3. The van der Waals surface area contributed by atoms with Gasteiger partial charge in [-0.25, -0.2) is 4.57 Å². The van der Waals surface area contributed by atoms with E-state index in [1.54, 1.807) is 12.2 Å². The zero-order valence-electron chi connectivity index (χ0n) is 35.5. The van der Waals surface area contributed by atoms with Crippen molar-refractivity contribution in [2.45, 2.75) is 129 Å². The molecule has 0 aromatic heterocycles. The Morgan fingerprint density at radius 2 is 1.39 bits per heavy atom. The molecule has 5 atom stereocenters. The molecule has 0 aliphatic heterocycles. The number of ether oxygens (including phenoxy) is 2. The van der Waals surface area contributed by atoms with E-state index in [0.29, 0.717) is 32.1 Å². The van der Waals surface area contributed by atoms with Crippen molar-refractivity contribution in [2.75, 3.05) is 26.4 Å². The molecule has 0 aromatic carbocycles. The second-order valence-electron chi connectivity index (χ2n) is 14.1. The number of ketones is 1. The Balaban J connectivity index is 2.43. The van der Waals surface area contributed by atoms with E-state index in [1.165, 1.54) is 0 Å². The molecule has 11 nitrogen and oxygen atoms in total. The number of phosphoric acid groups is 1. The van der Waals surface area contributed by atoms with Gasteiger partial charge in [0.1, 0.15) is 6.61 Å². The second kappa shape index (κ2) is 36.2. The van der Waals surface area contributed by atoms with Crippen LogP contribution in [0.3, 0.4) is 0 Å². The first-order chi connectivity index (χ1) is 28.6. The molecule has 0 spiro atoms. The first kappa shape index (κ1) is 53.3. The van der Waals surface area contributed by atoms with E-state index in [2.05, 4.69) is 74.6 Å². The highest BCUT2D eigenvalue weighted by atomic mass is 31.2. The summed E-state index contributed by atoms with van der Waals surface area (Å²) in [5, 5.41) is 10.2. The molecular formula is C47H72NO10P.